The van der Waals surface area contributed by atoms with E-state index in [1.165, 1.54) is 11.8 Å². The number of anilines is 2. The number of nitrogens with one attached hydrogen (secondary N) is 2. The average Bonchev–Trinajstić information content (AvgIpc) is 2.67. The minimum Gasteiger partial charge on any atom is -0.382 e. The molecule has 0 spiro atoms. The molecule has 0 saturated carbocycles. The number of nitrogens with two attached hydrogens (primary N) is 1. The molecular formula is C19H16F2N4O2S. The number of nitrogens with zero attached hydrogens (tertiary/aromatic N) is 1. The molecule has 28 heavy (non-hydrogen) atoms. The first kappa shape index (κ1) is 19.6. The summed E-state index contributed by atoms with van der Waals surface area (Å²) in [5.74, 6) is -3.24. The fraction of sp³-hybridized carbons (Fsp3) is 0.105. The Labute approximate surface area is 163 Å². The third kappa shape index (κ3) is 4.37. The zero-order valence-electron chi connectivity index (χ0n) is 14.7. The van der Waals surface area contributed by atoms with E-state index in [4.69, 9.17) is 5.73 Å². The van der Waals surface area contributed by atoms with Crippen molar-refractivity contribution in [3.63, 3.8) is 0 Å². The zero-order valence-corrected chi connectivity index (χ0v) is 15.5. The van der Waals surface area contributed by atoms with Crippen LogP contribution in [0.4, 0.5) is 20.3 Å². The van der Waals surface area contributed by atoms with Gasteiger partial charge in [0.15, 0.2) is 22.6 Å². The highest BCUT2D eigenvalue weighted by Gasteiger charge is 2.17. The summed E-state index contributed by atoms with van der Waals surface area (Å²) in [6.45, 7) is 1.95. The molecule has 0 fully saturated rings. The van der Waals surface area contributed by atoms with Crippen molar-refractivity contribution < 1.29 is 13.6 Å². The van der Waals surface area contributed by atoms with Crippen LogP contribution in [0.3, 0.4) is 0 Å². The van der Waals surface area contributed by atoms with Gasteiger partial charge in [0.25, 0.3) is 11.5 Å². The summed E-state index contributed by atoms with van der Waals surface area (Å²) in [4.78, 5) is 31.2. The molecule has 0 aliphatic heterocycles. The van der Waals surface area contributed by atoms with Gasteiger partial charge in [-0.15, -0.1) is 0 Å². The molecule has 1 amide bonds. The lowest BCUT2D eigenvalue weighted by atomic mass is 10.2. The zero-order chi connectivity index (χ0) is 20.3. The number of aromatic amines is 1. The number of rotatable bonds is 5. The molecule has 0 saturated heterocycles. The molecule has 3 aromatic rings. The molecule has 4 N–H and O–H groups in total. The maximum absolute atomic E-state index is 13.3. The predicted molar refractivity (Wildman–Crippen MR) is 104 cm³/mol. The number of benzene rings is 2. The number of thioether (sulfide) groups is 1. The molecule has 0 aliphatic carbocycles. The van der Waals surface area contributed by atoms with Crippen molar-refractivity contribution in [3.05, 3.63) is 81.6 Å². The first-order valence-electron chi connectivity index (χ1n) is 8.23. The van der Waals surface area contributed by atoms with E-state index in [0.717, 1.165) is 23.8 Å². The molecule has 1 heterocycles. The Balaban J connectivity index is 1.79. The van der Waals surface area contributed by atoms with E-state index in [2.05, 4.69) is 15.3 Å². The summed E-state index contributed by atoms with van der Waals surface area (Å²) < 4.78 is 26.3. The number of halogens is 2. The fourth-order valence-electron chi connectivity index (χ4n) is 2.43. The van der Waals surface area contributed by atoms with Gasteiger partial charge in [0, 0.05) is 10.8 Å². The number of carbonyl (C=O) groups is 1. The van der Waals surface area contributed by atoms with Crippen molar-refractivity contribution in [2.75, 3.05) is 11.1 Å². The van der Waals surface area contributed by atoms with E-state index < -0.39 is 23.1 Å². The third-order valence-electron chi connectivity index (χ3n) is 3.90. The van der Waals surface area contributed by atoms with E-state index in [9.17, 15) is 18.4 Å². The molecule has 0 aliphatic rings. The van der Waals surface area contributed by atoms with Gasteiger partial charge in [-0.1, -0.05) is 42.1 Å². The summed E-state index contributed by atoms with van der Waals surface area (Å²) in [6.07, 6.45) is 0. The lowest BCUT2D eigenvalue weighted by molar-refractivity contribution is 0.102. The van der Waals surface area contributed by atoms with Gasteiger partial charge in [0.2, 0.25) is 0 Å². The Morgan fingerprint density at radius 2 is 1.89 bits per heavy atom. The van der Waals surface area contributed by atoms with Gasteiger partial charge < -0.3 is 11.1 Å². The molecule has 0 bridgehead atoms. The largest absolute Gasteiger partial charge is 0.382 e. The second kappa shape index (κ2) is 8.22. The summed E-state index contributed by atoms with van der Waals surface area (Å²) in [6, 6.07) is 12.3. The van der Waals surface area contributed by atoms with Gasteiger partial charge >= 0.3 is 0 Å². The maximum atomic E-state index is 13.3. The highest BCUT2D eigenvalue weighted by molar-refractivity contribution is 7.99. The van der Waals surface area contributed by atoms with Gasteiger partial charge in [-0.3, -0.25) is 14.6 Å². The highest BCUT2D eigenvalue weighted by Crippen LogP contribution is 2.32. The number of amides is 1. The average molecular weight is 402 g/mol. The van der Waals surface area contributed by atoms with Crippen LogP contribution >= 0.6 is 11.8 Å². The second-order valence-electron chi connectivity index (χ2n) is 5.89. The molecule has 0 unspecified atom stereocenters. The standard InChI is InChI=1S/C19H16F2N4O2S/c1-10(11-5-3-2-4-6-11)28-19-24-16(22)15(18(27)25-19)23-17(26)12-7-8-13(20)14(21)9-12/h2-10H,1H3,(H,23,26)(H3,22,24,25,27)/t10-/m0/s1. The van der Waals surface area contributed by atoms with Crippen molar-refractivity contribution in [1.82, 2.24) is 9.97 Å². The number of H-pyrrole nitrogens is 1. The van der Waals surface area contributed by atoms with Gasteiger partial charge in [-0.25, -0.2) is 13.8 Å². The first-order valence-corrected chi connectivity index (χ1v) is 9.11. The van der Waals surface area contributed by atoms with Crippen molar-refractivity contribution in [3.8, 4) is 0 Å². The predicted octanol–water partition coefficient (Wildman–Crippen LogP) is 3.74. The number of hydrogen-bond acceptors (Lipinski definition) is 5. The molecule has 2 aromatic carbocycles. The summed E-state index contributed by atoms with van der Waals surface area (Å²) in [5.41, 5.74) is 5.81. The van der Waals surface area contributed by atoms with Crippen molar-refractivity contribution in [1.29, 1.82) is 0 Å². The van der Waals surface area contributed by atoms with Gasteiger partial charge in [0.05, 0.1) is 0 Å². The van der Waals surface area contributed by atoms with E-state index in [-0.39, 0.29) is 22.3 Å². The number of nitrogen functional groups attached to an aromatic ring is 1. The molecule has 9 heteroatoms. The lowest BCUT2D eigenvalue weighted by Gasteiger charge is -2.12. The molecular weight excluding hydrogens is 386 g/mol. The fourth-order valence-corrected chi connectivity index (χ4v) is 3.36. The molecule has 6 nitrogen and oxygen atoms in total. The van der Waals surface area contributed by atoms with Crippen molar-refractivity contribution in [2.45, 2.75) is 17.3 Å². The number of carbonyl (C=O) groups excluding carboxylic acids is 1. The van der Waals surface area contributed by atoms with Gasteiger partial charge in [-0.05, 0) is 30.7 Å². The Hall–Kier alpha value is -3.20. The first-order chi connectivity index (χ1) is 13.3. The summed E-state index contributed by atoms with van der Waals surface area (Å²) in [5, 5.41) is 2.59. The van der Waals surface area contributed by atoms with Crippen LogP contribution in [0.5, 0.6) is 0 Å². The molecule has 1 atom stereocenters. The van der Waals surface area contributed by atoms with Crippen LogP contribution in [0.15, 0.2) is 58.5 Å². The Kier molecular flexibility index (Phi) is 5.74. The molecule has 1 aromatic heterocycles. The molecule has 3 rings (SSSR count). The van der Waals surface area contributed by atoms with E-state index in [0.29, 0.717) is 5.16 Å². The quantitative estimate of drug-likeness (QED) is 0.446. The summed E-state index contributed by atoms with van der Waals surface area (Å²) in [7, 11) is 0. The minimum absolute atomic E-state index is 0.00591. The van der Waals surface area contributed by atoms with Crippen molar-refractivity contribution >= 4 is 29.2 Å². The number of aromatic nitrogens is 2. The normalized spacial score (nSPS) is 11.8. The van der Waals surface area contributed by atoms with Crippen LogP contribution in [-0.2, 0) is 0 Å². The Morgan fingerprint density at radius 3 is 2.54 bits per heavy atom. The smallest absolute Gasteiger partial charge is 0.277 e. The SMILES string of the molecule is C[C@H](Sc1nc(N)c(NC(=O)c2ccc(F)c(F)c2)c(=O)[nH]1)c1ccccc1. The van der Waals surface area contributed by atoms with E-state index in [1.54, 1.807) is 0 Å². The monoisotopic (exact) mass is 402 g/mol. The van der Waals surface area contributed by atoms with Gasteiger partial charge in [0.1, 0.15) is 5.69 Å². The van der Waals surface area contributed by atoms with Crippen LogP contribution in [0, 0.1) is 11.6 Å². The molecule has 0 radical (unpaired) electrons. The third-order valence-corrected chi connectivity index (χ3v) is 4.95. The van der Waals surface area contributed by atoms with E-state index in [1.807, 2.05) is 37.3 Å². The van der Waals surface area contributed by atoms with Crippen molar-refractivity contribution in [2.24, 2.45) is 0 Å². The highest BCUT2D eigenvalue weighted by atomic mass is 32.2. The van der Waals surface area contributed by atoms with Crippen LogP contribution in [-0.4, -0.2) is 15.9 Å². The Bertz CT molecular complexity index is 1070. The lowest BCUT2D eigenvalue weighted by Crippen LogP contribution is -2.23. The van der Waals surface area contributed by atoms with Crippen LogP contribution < -0.4 is 16.6 Å². The maximum Gasteiger partial charge on any atom is 0.277 e. The molecule has 144 valence electrons. The minimum atomic E-state index is -1.17. The summed E-state index contributed by atoms with van der Waals surface area (Å²) >= 11 is 1.30. The van der Waals surface area contributed by atoms with Crippen LogP contribution in [0.2, 0.25) is 0 Å². The topological polar surface area (TPSA) is 101 Å². The van der Waals surface area contributed by atoms with Crippen LogP contribution in [0.1, 0.15) is 28.1 Å². The van der Waals surface area contributed by atoms with Gasteiger partial charge in [-0.2, -0.15) is 0 Å². The van der Waals surface area contributed by atoms with E-state index >= 15 is 0 Å². The van der Waals surface area contributed by atoms with Crippen LogP contribution in [0.25, 0.3) is 0 Å². The second-order valence-corrected chi connectivity index (χ2v) is 7.21. The number of hydrogen-bond donors (Lipinski definition) is 3. The Morgan fingerprint density at radius 1 is 1.18 bits per heavy atom.